The summed E-state index contributed by atoms with van der Waals surface area (Å²) >= 11 is 4.54. The van der Waals surface area contributed by atoms with Crippen LogP contribution < -0.4 is 5.32 Å². The van der Waals surface area contributed by atoms with Gasteiger partial charge in [0.15, 0.2) is 0 Å². The van der Waals surface area contributed by atoms with Crippen LogP contribution in [-0.2, 0) is 10.0 Å². The van der Waals surface area contributed by atoms with Gasteiger partial charge in [-0.25, -0.2) is 8.42 Å². The third-order valence-corrected chi connectivity index (χ3v) is 6.70. The molecule has 1 aromatic rings. The van der Waals surface area contributed by atoms with Gasteiger partial charge in [0.2, 0.25) is 0 Å². The number of hydrogen-bond acceptors (Lipinski definition) is 4. The lowest BCUT2D eigenvalue weighted by atomic mass is 10.0. The Labute approximate surface area is 114 Å². The summed E-state index contributed by atoms with van der Waals surface area (Å²) < 4.78 is 27.5. The second kappa shape index (κ2) is 4.62. The molecule has 0 bridgehead atoms. The molecule has 0 radical (unpaired) electrons. The lowest BCUT2D eigenvalue weighted by Crippen LogP contribution is -2.58. The van der Waals surface area contributed by atoms with Gasteiger partial charge in [-0.05, 0) is 35.8 Å². The van der Waals surface area contributed by atoms with Crippen molar-refractivity contribution in [2.45, 2.75) is 23.6 Å². The second-order valence-corrected chi connectivity index (χ2v) is 8.72. The van der Waals surface area contributed by atoms with Crippen molar-refractivity contribution < 1.29 is 8.42 Å². The van der Waals surface area contributed by atoms with Crippen molar-refractivity contribution in [2.24, 2.45) is 0 Å². The average molecular weight is 339 g/mol. The fourth-order valence-electron chi connectivity index (χ4n) is 1.86. The van der Waals surface area contributed by atoms with Crippen LogP contribution in [0.1, 0.15) is 13.8 Å². The molecule has 0 atom stereocenters. The van der Waals surface area contributed by atoms with Gasteiger partial charge in [0.1, 0.15) is 4.21 Å². The highest BCUT2D eigenvalue weighted by atomic mass is 79.9. The number of nitrogens with one attached hydrogen (secondary N) is 1. The molecule has 1 N–H and O–H groups in total. The smallest absolute Gasteiger partial charge is 0.252 e. The molecular formula is C10H15BrN2O2S2. The summed E-state index contributed by atoms with van der Waals surface area (Å²) in [5.74, 6) is 0. The molecule has 2 heterocycles. The number of piperazine rings is 1. The van der Waals surface area contributed by atoms with Gasteiger partial charge in [-0.2, -0.15) is 4.31 Å². The quantitative estimate of drug-likeness (QED) is 0.895. The second-order valence-electron chi connectivity index (χ2n) is 4.73. The predicted molar refractivity (Wildman–Crippen MR) is 72.9 cm³/mol. The monoisotopic (exact) mass is 338 g/mol. The van der Waals surface area contributed by atoms with Gasteiger partial charge >= 0.3 is 0 Å². The molecule has 1 saturated heterocycles. The molecule has 7 heteroatoms. The maximum atomic E-state index is 12.4. The van der Waals surface area contributed by atoms with Crippen LogP contribution in [0.5, 0.6) is 0 Å². The van der Waals surface area contributed by atoms with E-state index in [9.17, 15) is 8.42 Å². The Morgan fingerprint density at radius 2 is 2.24 bits per heavy atom. The first kappa shape index (κ1) is 13.5. The van der Waals surface area contributed by atoms with E-state index >= 15 is 0 Å². The van der Waals surface area contributed by atoms with E-state index in [1.165, 1.54) is 11.3 Å². The van der Waals surface area contributed by atoms with E-state index in [1.807, 2.05) is 13.8 Å². The first-order chi connectivity index (χ1) is 7.81. The summed E-state index contributed by atoms with van der Waals surface area (Å²) in [6.07, 6.45) is 0. The normalized spacial score (nSPS) is 21.6. The van der Waals surface area contributed by atoms with Crippen molar-refractivity contribution in [1.82, 2.24) is 9.62 Å². The fourth-order valence-corrected chi connectivity index (χ4v) is 5.46. The summed E-state index contributed by atoms with van der Waals surface area (Å²) in [7, 11) is -3.33. The summed E-state index contributed by atoms with van der Waals surface area (Å²) in [5.41, 5.74) is -0.167. The minimum Gasteiger partial charge on any atom is -0.309 e. The molecule has 0 amide bonds. The van der Waals surface area contributed by atoms with Gasteiger partial charge in [0.05, 0.1) is 0 Å². The minimum atomic E-state index is -3.33. The zero-order chi connectivity index (χ0) is 12.7. The Hall–Kier alpha value is 0.0500. The molecule has 0 aliphatic carbocycles. The Morgan fingerprint density at radius 1 is 1.53 bits per heavy atom. The van der Waals surface area contributed by atoms with Gasteiger partial charge in [0.25, 0.3) is 10.0 Å². The number of sulfonamides is 1. The zero-order valence-corrected chi connectivity index (χ0v) is 13.0. The molecule has 17 heavy (non-hydrogen) atoms. The van der Waals surface area contributed by atoms with Crippen LogP contribution in [0.3, 0.4) is 0 Å². The molecular weight excluding hydrogens is 324 g/mol. The average Bonchev–Trinajstić information content (AvgIpc) is 2.64. The van der Waals surface area contributed by atoms with E-state index in [0.29, 0.717) is 23.8 Å². The third-order valence-electron chi connectivity index (χ3n) is 2.67. The first-order valence-electron chi connectivity index (χ1n) is 5.30. The Morgan fingerprint density at radius 3 is 2.76 bits per heavy atom. The van der Waals surface area contributed by atoms with Crippen molar-refractivity contribution in [2.75, 3.05) is 19.6 Å². The maximum absolute atomic E-state index is 12.4. The number of nitrogens with zero attached hydrogens (tertiary/aromatic N) is 1. The third kappa shape index (κ3) is 2.90. The molecule has 0 saturated carbocycles. The molecule has 1 aliphatic heterocycles. The lowest BCUT2D eigenvalue weighted by Gasteiger charge is -2.37. The van der Waals surface area contributed by atoms with E-state index in [-0.39, 0.29) is 5.54 Å². The molecule has 1 aliphatic rings. The van der Waals surface area contributed by atoms with Crippen LogP contribution in [0.4, 0.5) is 0 Å². The summed E-state index contributed by atoms with van der Waals surface area (Å²) in [5, 5.41) is 5.10. The van der Waals surface area contributed by atoms with E-state index < -0.39 is 10.0 Å². The number of halogens is 1. The highest BCUT2D eigenvalue weighted by Gasteiger charge is 2.34. The fraction of sp³-hybridized carbons (Fsp3) is 0.600. The summed E-state index contributed by atoms with van der Waals surface area (Å²) in [6, 6.07) is 1.66. The molecule has 96 valence electrons. The topological polar surface area (TPSA) is 49.4 Å². The van der Waals surface area contributed by atoms with Gasteiger partial charge in [0, 0.05) is 35.0 Å². The van der Waals surface area contributed by atoms with E-state index in [1.54, 1.807) is 15.8 Å². The highest BCUT2D eigenvalue weighted by Crippen LogP contribution is 2.28. The van der Waals surface area contributed by atoms with Gasteiger partial charge in [-0.15, -0.1) is 11.3 Å². The van der Waals surface area contributed by atoms with Gasteiger partial charge < -0.3 is 5.32 Å². The lowest BCUT2D eigenvalue weighted by molar-refractivity contribution is 0.234. The molecule has 0 spiro atoms. The van der Waals surface area contributed by atoms with E-state index in [4.69, 9.17) is 0 Å². The van der Waals surface area contributed by atoms with Crippen LogP contribution in [0.25, 0.3) is 0 Å². The number of thiophene rings is 1. The first-order valence-corrected chi connectivity index (χ1v) is 8.42. The molecule has 1 fully saturated rings. The van der Waals surface area contributed by atoms with Crippen molar-refractivity contribution in [1.29, 1.82) is 0 Å². The molecule has 2 rings (SSSR count). The van der Waals surface area contributed by atoms with E-state index in [0.717, 1.165) is 4.47 Å². The van der Waals surface area contributed by atoms with Crippen molar-refractivity contribution >= 4 is 37.3 Å². The van der Waals surface area contributed by atoms with E-state index in [2.05, 4.69) is 21.2 Å². The van der Waals surface area contributed by atoms with Crippen LogP contribution >= 0.6 is 27.3 Å². The Balaban J connectivity index is 2.27. The Bertz CT molecular complexity index is 510. The van der Waals surface area contributed by atoms with Crippen LogP contribution in [0, 0.1) is 0 Å². The van der Waals surface area contributed by atoms with Gasteiger partial charge in [-0.3, -0.25) is 0 Å². The zero-order valence-electron chi connectivity index (χ0n) is 9.73. The Kier molecular flexibility index (Phi) is 3.66. The van der Waals surface area contributed by atoms with Gasteiger partial charge in [-0.1, -0.05) is 0 Å². The maximum Gasteiger partial charge on any atom is 0.252 e. The van der Waals surface area contributed by atoms with Crippen molar-refractivity contribution in [3.8, 4) is 0 Å². The largest absolute Gasteiger partial charge is 0.309 e. The highest BCUT2D eigenvalue weighted by molar-refractivity contribution is 9.10. The van der Waals surface area contributed by atoms with Crippen LogP contribution in [0.2, 0.25) is 0 Å². The summed E-state index contributed by atoms with van der Waals surface area (Å²) in [6.45, 7) is 5.75. The molecule has 4 nitrogen and oxygen atoms in total. The molecule has 1 aromatic heterocycles. The standard InChI is InChI=1S/C10H15BrN2O2S2/c1-10(2)7-13(4-3-12-10)17(14,15)9-5-8(11)6-16-9/h5-6,12H,3-4,7H2,1-2H3. The SMILES string of the molecule is CC1(C)CN(S(=O)(=O)c2cc(Br)cs2)CCN1. The van der Waals surface area contributed by atoms with Crippen LogP contribution in [0.15, 0.2) is 20.1 Å². The molecule has 0 aromatic carbocycles. The number of hydrogen-bond donors (Lipinski definition) is 1. The summed E-state index contributed by atoms with van der Waals surface area (Å²) in [4.78, 5) is 0. The van der Waals surface area contributed by atoms with Crippen LogP contribution in [-0.4, -0.2) is 37.9 Å². The molecule has 0 unspecified atom stereocenters. The van der Waals surface area contributed by atoms with Crippen molar-refractivity contribution in [3.63, 3.8) is 0 Å². The predicted octanol–water partition coefficient (Wildman–Crippen LogP) is 1.88. The minimum absolute atomic E-state index is 0.167. The number of rotatable bonds is 2. The van der Waals surface area contributed by atoms with Crippen molar-refractivity contribution in [3.05, 3.63) is 15.9 Å².